The average molecular weight is 436 g/mol. The maximum absolute atomic E-state index is 12.7. The minimum Gasteiger partial charge on any atom is -0.351 e. The van der Waals surface area contributed by atoms with Crippen molar-refractivity contribution < 1.29 is 4.79 Å². The van der Waals surface area contributed by atoms with Crippen LogP contribution in [0.5, 0.6) is 0 Å². The topological polar surface area (TPSA) is 83.0 Å². The Balaban J connectivity index is 1.38. The molecule has 1 aromatic carbocycles. The molecule has 0 radical (unpaired) electrons. The van der Waals surface area contributed by atoms with Crippen molar-refractivity contribution in [2.45, 2.75) is 58.0 Å². The number of benzene rings is 1. The monoisotopic (exact) mass is 435 g/mol. The second-order valence-corrected chi connectivity index (χ2v) is 9.70. The zero-order valence-electron chi connectivity index (χ0n) is 19.2. The van der Waals surface area contributed by atoms with Crippen LogP contribution >= 0.6 is 0 Å². The Kier molecular flexibility index (Phi) is 6.46. The lowest BCUT2D eigenvalue weighted by Gasteiger charge is -2.35. The van der Waals surface area contributed by atoms with Gasteiger partial charge in [0, 0.05) is 41.5 Å². The van der Waals surface area contributed by atoms with Crippen molar-refractivity contribution in [2.75, 3.05) is 19.6 Å². The highest BCUT2D eigenvalue weighted by Gasteiger charge is 2.24. The number of carbonyl (C=O) groups excluding carboxylic acids is 1. The Labute approximate surface area is 188 Å². The summed E-state index contributed by atoms with van der Waals surface area (Å²) in [5.41, 5.74) is 2.29. The molecule has 3 heterocycles. The highest BCUT2D eigenvalue weighted by Crippen LogP contribution is 2.19. The molecule has 1 aliphatic heterocycles. The number of nitrogens with one attached hydrogen (secondary N) is 2. The lowest BCUT2D eigenvalue weighted by atomic mass is 9.92. The predicted molar refractivity (Wildman–Crippen MR) is 127 cm³/mol. The fourth-order valence-electron chi connectivity index (χ4n) is 4.32. The normalized spacial score (nSPS) is 17.5. The molecule has 1 atom stereocenters. The largest absolute Gasteiger partial charge is 0.351 e. The third kappa shape index (κ3) is 5.10. The number of carbonyl (C=O) groups is 1. The van der Waals surface area contributed by atoms with E-state index in [1.807, 2.05) is 36.4 Å². The van der Waals surface area contributed by atoms with Gasteiger partial charge in [0.1, 0.15) is 5.69 Å². The van der Waals surface area contributed by atoms with Crippen LogP contribution in [0.1, 0.15) is 56.2 Å². The summed E-state index contributed by atoms with van der Waals surface area (Å²) in [4.78, 5) is 30.6. The van der Waals surface area contributed by atoms with Crippen LogP contribution in [-0.4, -0.2) is 51.2 Å². The van der Waals surface area contributed by atoms with Crippen LogP contribution in [0.15, 0.2) is 47.3 Å². The Hall–Kier alpha value is -2.93. The van der Waals surface area contributed by atoms with Gasteiger partial charge in [-0.2, -0.15) is 5.10 Å². The second-order valence-electron chi connectivity index (χ2n) is 9.70. The molecule has 0 saturated carbocycles. The smallest absolute Gasteiger partial charge is 0.267 e. The van der Waals surface area contributed by atoms with Crippen molar-refractivity contribution in [3.05, 3.63) is 64.2 Å². The third-order valence-corrected chi connectivity index (χ3v) is 6.26. The predicted octanol–water partition coefficient (Wildman–Crippen LogP) is 3.31. The number of likely N-dealkylation sites (tertiary alicyclic amines) is 1. The van der Waals surface area contributed by atoms with Crippen molar-refractivity contribution >= 4 is 16.8 Å². The highest BCUT2D eigenvalue weighted by molar-refractivity contribution is 5.97. The molecule has 2 aromatic heterocycles. The van der Waals surface area contributed by atoms with E-state index in [9.17, 15) is 9.59 Å². The van der Waals surface area contributed by atoms with Gasteiger partial charge in [-0.25, -0.2) is 4.68 Å². The quantitative estimate of drug-likeness (QED) is 0.622. The SMILES string of the molecule is CC(C)(C)c1ccc(=O)n(CCN2CCCCC2CNC(=O)c2cc3ccccc3[nH]2)n1. The summed E-state index contributed by atoms with van der Waals surface area (Å²) >= 11 is 0. The van der Waals surface area contributed by atoms with E-state index < -0.39 is 0 Å². The highest BCUT2D eigenvalue weighted by atomic mass is 16.2. The van der Waals surface area contributed by atoms with E-state index in [1.165, 1.54) is 0 Å². The van der Waals surface area contributed by atoms with Crippen molar-refractivity contribution in [1.82, 2.24) is 25.0 Å². The first-order valence-corrected chi connectivity index (χ1v) is 11.5. The van der Waals surface area contributed by atoms with Gasteiger partial charge >= 0.3 is 0 Å². The van der Waals surface area contributed by atoms with Crippen LogP contribution in [0, 0.1) is 0 Å². The Morgan fingerprint density at radius 1 is 1.16 bits per heavy atom. The molecule has 1 saturated heterocycles. The Morgan fingerprint density at radius 3 is 2.75 bits per heavy atom. The van der Waals surface area contributed by atoms with E-state index in [-0.39, 0.29) is 22.9 Å². The molecule has 4 rings (SSSR count). The van der Waals surface area contributed by atoms with Gasteiger partial charge in [-0.05, 0) is 37.6 Å². The average Bonchev–Trinajstić information content (AvgIpc) is 3.21. The third-order valence-electron chi connectivity index (χ3n) is 6.26. The maximum Gasteiger partial charge on any atom is 0.267 e. The van der Waals surface area contributed by atoms with Gasteiger partial charge in [0.2, 0.25) is 0 Å². The number of para-hydroxylation sites is 1. The van der Waals surface area contributed by atoms with E-state index >= 15 is 0 Å². The standard InChI is InChI=1S/C25H33N5O2/c1-25(2,3)22-11-12-23(31)30(28-22)15-14-29-13-7-6-9-19(29)17-26-24(32)21-16-18-8-4-5-10-20(18)27-21/h4-5,8,10-12,16,19,27H,6-7,9,13-15,17H2,1-3H3,(H,26,32). The molecule has 1 fully saturated rings. The van der Waals surface area contributed by atoms with E-state index in [1.54, 1.807) is 10.7 Å². The Morgan fingerprint density at radius 2 is 1.97 bits per heavy atom. The summed E-state index contributed by atoms with van der Waals surface area (Å²) in [5, 5.41) is 8.73. The van der Waals surface area contributed by atoms with E-state index in [2.05, 4.69) is 41.1 Å². The second kappa shape index (κ2) is 9.28. The van der Waals surface area contributed by atoms with Crippen LogP contribution in [0.4, 0.5) is 0 Å². The molecule has 0 aliphatic carbocycles. The summed E-state index contributed by atoms with van der Waals surface area (Å²) < 4.78 is 1.58. The number of aromatic amines is 1. The molecule has 1 amide bonds. The molecular weight excluding hydrogens is 402 g/mol. The minimum absolute atomic E-state index is 0.0707. The van der Waals surface area contributed by atoms with Crippen LogP contribution < -0.4 is 10.9 Å². The zero-order valence-corrected chi connectivity index (χ0v) is 19.2. The van der Waals surface area contributed by atoms with Crippen LogP contribution in [0.2, 0.25) is 0 Å². The fourth-order valence-corrected chi connectivity index (χ4v) is 4.32. The first kappa shape index (κ1) is 22.3. The number of nitrogens with zero attached hydrogens (tertiary/aromatic N) is 3. The van der Waals surface area contributed by atoms with Crippen molar-refractivity contribution in [3.63, 3.8) is 0 Å². The van der Waals surface area contributed by atoms with Gasteiger partial charge in [-0.15, -0.1) is 0 Å². The number of piperidine rings is 1. The molecule has 1 aliphatic rings. The van der Waals surface area contributed by atoms with Crippen molar-refractivity contribution in [2.24, 2.45) is 0 Å². The van der Waals surface area contributed by atoms with Gasteiger partial charge in [0.25, 0.3) is 11.5 Å². The number of amides is 1. The summed E-state index contributed by atoms with van der Waals surface area (Å²) in [7, 11) is 0. The Bertz CT molecular complexity index is 1110. The number of rotatable bonds is 6. The molecule has 170 valence electrons. The number of fused-ring (bicyclic) bond motifs is 1. The minimum atomic E-state index is -0.101. The van der Waals surface area contributed by atoms with Crippen LogP contribution in [-0.2, 0) is 12.0 Å². The lowest BCUT2D eigenvalue weighted by Crippen LogP contribution is -2.48. The number of hydrogen-bond donors (Lipinski definition) is 2. The van der Waals surface area contributed by atoms with E-state index in [0.29, 0.717) is 18.8 Å². The fraction of sp³-hybridized carbons (Fsp3) is 0.480. The number of aromatic nitrogens is 3. The first-order chi connectivity index (χ1) is 15.3. The molecule has 0 bridgehead atoms. The molecule has 32 heavy (non-hydrogen) atoms. The number of H-pyrrole nitrogens is 1. The molecule has 1 unspecified atom stereocenters. The van der Waals surface area contributed by atoms with Gasteiger partial charge < -0.3 is 10.3 Å². The molecule has 2 N–H and O–H groups in total. The molecular formula is C25H33N5O2. The molecule has 3 aromatic rings. The molecule has 7 nitrogen and oxygen atoms in total. The molecule has 0 spiro atoms. The maximum atomic E-state index is 12.7. The van der Waals surface area contributed by atoms with Gasteiger partial charge in [-0.1, -0.05) is 45.4 Å². The van der Waals surface area contributed by atoms with E-state index in [0.717, 1.165) is 48.9 Å². The van der Waals surface area contributed by atoms with Crippen LogP contribution in [0.25, 0.3) is 10.9 Å². The van der Waals surface area contributed by atoms with Gasteiger partial charge in [0.15, 0.2) is 0 Å². The summed E-state index contributed by atoms with van der Waals surface area (Å²) in [6, 6.07) is 13.5. The molecule has 7 heteroatoms. The van der Waals surface area contributed by atoms with Crippen molar-refractivity contribution in [3.8, 4) is 0 Å². The van der Waals surface area contributed by atoms with Gasteiger partial charge in [0.05, 0.1) is 12.2 Å². The van der Waals surface area contributed by atoms with Gasteiger partial charge in [-0.3, -0.25) is 14.5 Å². The summed E-state index contributed by atoms with van der Waals surface area (Å²) in [5.74, 6) is -0.0810. The number of hydrogen-bond acceptors (Lipinski definition) is 4. The summed E-state index contributed by atoms with van der Waals surface area (Å²) in [6.07, 6.45) is 3.33. The zero-order chi connectivity index (χ0) is 22.7. The van der Waals surface area contributed by atoms with Crippen LogP contribution in [0.3, 0.4) is 0 Å². The van der Waals surface area contributed by atoms with Crippen molar-refractivity contribution in [1.29, 1.82) is 0 Å². The van der Waals surface area contributed by atoms with E-state index in [4.69, 9.17) is 0 Å². The summed E-state index contributed by atoms with van der Waals surface area (Å²) in [6.45, 7) is 9.16. The first-order valence-electron chi connectivity index (χ1n) is 11.5. The lowest BCUT2D eigenvalue weighted by molar-refractivity contribution is 0.0905.